The number of hydrogen-bond donors (Lipinski definition) is 2. The van der Waals surface area contributed by atoms with E-state index >= 15 is 0 Å². The molecule has 0 saturated carbocycles. The number of carbonyl (C=O) groups excluding carboxylic acids is 1. The van der Waals surface area contributed by atoms with Crippen LogP contribution in [0.2, 0.25) is 0 Å². The van der Waals surface area contributed by atoms with Crippen molar-refractivity contribution in [2.75, 3.05) is 0 Å². The molecule has 0 aliphatic carbocycles. The van der Waals surface area contributed by atoms with Gasteiger partial charge in [0.05, 0.1) is 12.8 Å². The van der Waals surface area contributed by atoms with Crippen molar-refractivity contribution < 1.29 is 41.3 Å². The van der Waals surface area contributed by atoms with Gasteiger partial charge in [0.2, 0.25) is 0 Å². The molecule has 0 heterocycles. The number of carbonyl (C=O) groups is 2. The second-order valence-corrected chi connectivity index (χ2v) is 1.54. The number of hydrogen-bond acceptors (Lipinski definition) is 4. The van der Waals surface area contributed by atoms with E-state index in [9.17, 15) is 9.59 Å². The molecule has 63 valence electrons. The molecular formula is C4H6AuO4S. The monoisotopic (exact) mass is 347 g/mol. The first kappa shape index (κ1) is 12.7. The van der Waals surface area contributed by atoms with Gasteiger partial charge in [-0.2, -0.15) is 0 Å². The van der Waals surface area contributed by atoms with Crippen LogP contribution in [0.3, 0.4) is 0 Å². The molecule has 0 aliphatic heterocycles. The molecule has 0 rings (SSSR count). The van der Waals surface area contributed by atoms with Crippen LogP contribution in [0.5, 0.6) is 0 Å². The predicted octanol–water partition coefficient (Wildman–Crippen LogP) is 0.237. The maximum Gasteiger partial charge on any atom is 0.318 e. The number of carboxylic acids is 1. The van der Waals surface area contributed by atoms with E-state index in [-0.39, 0.29) is 35.2 Å². The van der Waals surface area contributed by atoms with Crippen LogP contribution in [0, 0.1) is 0 Å². The quantitative estimate of drug-likeness (QED) is 0.436. The minimum absolute atomic E-state index is 0. The van der Waals surface area contributed by atoms with Crippen LogP contribution in [0.4, 0.5) is 0 Å². The van der Waals surface area contributed by atoms with Gasteiger partial charge < -0.3 is 9.29 Å². The molecule has 0 bridgehead atoms. The van der Waals surface area contributed by atoms with Crippen LogP contribution >= 0.6 is 12.9 Å². The van der Waals surface area contributed by atoms with Crippen molar-refractivity contribution >= 4 is 24.8 Å². The Balaban J connectivity index is 0. The smallest absolute Gasteiger partial charge is 0.318 e. The molecule has 0 fully saturated rings. The third-order valence-corrected chi connectivity index (χ3v) is 0.848. The van der Waals surface area contributed by atoms with Gasteiger partial charge in [0.15, 0.2) is 0 Å². The molecule has 0 atom stereocenters. The Morgan fingerprint density at radius 2 is 1.90 bits per heavy atom. The van der Waals surface area contributed by atoms with Crippen molar-refractivity contribution in [1.82, 2.24) is 0 Å². The molecule has 0 saturated heterocycles. The van der Waals surface area contributed by atoms with Gasteiger partial charge >= 0.3 is 11.9 Å². The Labute approximate surface area is 79.1 Å². The zero-order chi connectivity index (χ0) is 7.28. The molecule has 4 nitrogen and oxygen atoms in total. The van der Waals surface area contributed by atoms with E-state index in [4.69, 9.17) is 5.11 Å². The van der Waals surface area contributed by atoms with Gasteiger partial charge in [-0.25, -0.2) is 0 Å². The van der Waals surface area contributed by atoms with Crippen LogP contribution in [0.25, 0.3) is 0 Å². The molecular weight excluding hydrogens is 341 g/mol. The summed E-state index contributed by atoms with van der Waals surface area (Å²) in [5, 5.41) is 8.03. The van der Waals surface area contributed by atoms with Gasteiger partial charge in [-0.05, 0) is 0 Å². The minimum atomic E-state index is -1.02. The average Bonchev–Trinajstić information content (AvgIpc) is 1.83. The van der Waals surface area contributed by atoms with Crippen molar-refractivity contribution in [2.45, 2.75) is 12.8 Å². The van der Waals surface area contributed by atoms with Crippen molar-refractivity contribution in [2.24, 2.45) is 0 Å². The van der Waals surface area contributed by atoms with Gasteiger partial charge in [0.1, 0.15) is 0 Å². The average molecular weight is 347 g/mol. The van der Waals surface area contributed by atoms with E-state index in [1.807, 2.05) is 0 Å². The Morgan fingerprint density at radius 3 is 2.20 bits per heavy atom. The largest absolute Gasteiger partial charge is 0.481 e. The second kappa shape index (κ2) is 7.14. The minimum Gasteiger partial charge on any atom is -0.481 e. The van der Waals surface area contributed by atoms with Gasteiger partial charge in [-0.15, -0.1) is 0 Å². The summed E-state index contributed by atoms with van der Waals surface area (Å²) in [7, 11) is 0. The Bertz CT molecular complexity index is 126. The van der Waals surface area contributed by atoms with Gasteiger partial charge in [-0.1, -0.05) is 0 Å². The molecule has 1 radical (unpaired) electrons. The molecule has 0 aromatic rings. The van der Waals surface area contributed by atoms with Gasteiger partial charge in [0, 0.05) is 35.3 Å². The molecule has 0 aliphatic rings. The molecule has 0 spiro atoms. The number of rotatable bonds is 3. The maximum absolute atomic E-state index is 10.2. The van der Waals surface area contributed by atoms with Crippen molar-refractivity contribution in [3.05, 3.63) is 0 Å². The summed E-state index contributed by atoms with van der Waals surface area (Å²) < 4.78 is 3.89. The third kappa shape index (κ3) is 8.03. The van der Waals surface area contributed by atoms with E-state index in [1.165, 1.54) is 0 Å². The van der Waals surface area contributed by atoms with Gasteiger partial charge in [0.25, 0.3) is 0 Å². The Hall–Kier alpha value is 0.0303. The fourth-order valence-corrected chi connectivity index (χ4v) is 0.346. The van der Waals surface area contributed by atoms with E-state index in [0.717, 1.165) is 0 Å². The second-order valence-electron chi connectivity index (χ2n) is 1.36. The first-order valence-corrected chi connectivity index (χ1v) is 2.59. The molecule has 0 amide bonds. The predicted molar refractivity (Wildman–Crippen MR) is 31.9 cm³/mol. The normalized spacial score (nSPS) is 7.70. The van der Waals surface area contributed by atoms with E-state index in [0.29, 0.717) is 0 Å². The maximum atomic E-state index is 10.2. The summed E-state index contributed by atoms with van der Waals surface area (Å²) in [6.07, 6.45) is -0.335. The zero-order valence-corrected chi connectivity index (χ0v) is 7.90. The molecule has 1 N–H and O–H groups in total. The third-order valence-electron chi connectivity index (χ3n) is 0.645. The number of thiol groups is 1. The molecule has 6 heteroatoms. The number of carboxylic acid groups (broad SMARTS) is 1. The molecule has 0 aromatic heterocycles. The SMILES string of the molecule is O=C(O)CCC(=O)OS.[Au]. The van der Waals surface area contributed by atoms with E-state index in [2.05, 4.69) is 17.1 Å². The van der Waals surface area contributed by atoms with Crippen molar-refractivity contribution in [3.8, 4) is 0 Å². The molecule has 0 aromatic carbocycles. The number of aliphatic carboxylic acids is 1. The topological polar surface area (TPSA) is 63.6 Å². The summed E-state index contributed by atoms with van der Waals surface area (Å²) in [4.78, 5) is 19.9. The summed E-state index contributed by atoms with van der Waals surface area (Å²) >= 11 is 3.18. The van der Waals surface area contributed by atoms with Crippen molar-refractivity contribution in [1.29, 1.82) is 0 Å². The molecule has 0 unspecified atom stereocenters. The summed E-state index contributed by atoms with van der Waals surface area (Å²) in [5.41, 5.74) is 0. The first-order chi connectivity index (χ1) is 4.16. The zero-order valence-electron chi connectivity index (χ0n) is 4.83. The van der Waals surface area contributed by atoms with Crippen LogP contribution in [-0.4, -0.2) is 17.0 Å². The van der Waals surface area contributed by atoms with E-state index < -0.39 is 11.9 Å². The standard InChI is InChI=1S/C4H6O4S.Au/c5-3(6)1-2-4(7)8-9;/h9H,1-2H2,(H,5,6);. The van der Waals surface area contributed by atoms with Crippen molar-refractivity contribution in [3.63, 3.8) is 0 Å². The Kier molecular flexibility index (Phi) is 9.06. The van der Waals surface area contributed by atoms with Crippen LogP contribution < -0.4 is 0 Å². The first-order valence-electron chi connectivity index (χ1n) is 2.23. The van der Waals surface area contributed by atoms with Gasteiger partial charge in [-0.3, -0.25) is 9.59 Å². The van der Waals surface area contributed by atoms with E-state index in [1.54, 1.807) is 0 Å². The summed E-state index contributed by atoms with van der Waals surface area (Å²) in [5.74, 6) is -1.64. The fourth-order valence-electron chi connectivity index (χ4n) is 0.255. The summed E-state index contributed by atoms with van der Waals surface area (Å²) in [6, 6.07) is 0. The fraction of sp³-hybridized carbons (Fsp3) is 0.500. The summed E-state index contributed by atoms with van der Waals surface area (Å²) in [6.45, 7) is 0. The van der Waals surface area contributed by atoms with Crippen LogP contribution in [0.1, 0.15) is 12.8 Å². The Morgan fingerprint density at radius 1 is 1.40 bits per heavy atom. The molecule has 10 heavy (non-hydrogen) atoms. The van der Waals surface area contributed by atoms with Crippen LogP contribution in [0.15, 0.2) is 0 Å². The van der Waals surface area contributed by atoms with Crippen LogP contribution in [-0.2, 0) is 36.2 Å².